The average molecular weight is 402 g/mol. The summed E-state index contributed by atoms with van der Waals surface area (Å²) >= 11 is 0.773. The molecule has 0 aliphatic carbocycles. The highest BCUT2D eigenvalue weighted by molar-refractivity contribution is 7.13. The van der Waals surface area contributed by atoms with Gasteiger partial charge in [0.25, 0.3) is 0 Å². The number of alkyl halides is 3. The van der Waals surface area contributed by atoms with Gasteiger partial charge in [0.1, 0.15) is 0 Å². The van der Waals surface area contributed by atoms with Crippen LogP contribution in [-0.2, 0) is 6.18 Å². The van der Waals surface area contributed by atoms with Gasteiger partial charge < -0.3 is 0 Å². The van der Waals surface area contributed by atoms with Crippen LogP contribution in [0.15, 0.2) is 73.3 Å². The summed E-state index contributed by atoms with van der Waals surface area (Å²) in [5, 5.41) is 16.8. The average Bonchev–Trinajstić information content (AvgIpc) is 3.16. The number of thiazole rings is 1. The molecular weight excluding hydrogens is 389 g/mol. The fourth-order valence-corrected chi connectivity index (χ4v) is 2.73. The van der Waals surface area contributed by atoms with E-state index in [0.717, 1.165) is 28.0 Å². The van der Waals surface area contributed by atoms with E-state index in [1.807, 2.05) is 13.0 Å². The molecule has 28 heavy (non-hydrogen) atoms. The summed E-state index contributed by atoms with van der Waals surface area (Å²) < 4.78 is 37.5. The Hall–Kier alpha value is -3.27. The standard InChI is InChI=1S/C18H13F3N6S/c1-11-9-14(22-2)7-8-15(11)26-24-12-3-5-13(6-4-12)25-27-17-23-16(10-28-17)18(19,20)21/h3-10H,2H2,1H3/b26-24+,27-25+. The molecule has 0 saturated carbocycles. The van der Waals surface area contributed by atoms with Crippen molar-refractivity contribution >= 4 is 45.9 Å². The summed E-state index contributed by atoms with van der Waals surface area (Å²) in [5.74, 6) is 0. The van der Waals surface area contributed by atoms with E-state index in [1.165, 1.54) is 0 Å². The van der Waals surface area contributed by atoms with E-state index in [-0.39, 0.29) is 5.13 Å². The molecule has 0 fully saturated rings. The van der Waals surface area contributed by atoms with Gasteiger partial charge in [-0.25, -0.2) is 4.98 Å². The van der Waals surface area contributed by atoms with Crippen LogP contribution in [0, 0.1) is 6.92 Å². The summed E-state index contributed by atoms with van der Waals surface area (Å²) in [4.78, 5) is 7.24. The molecule has 3 aromatic rings. The highest BCUT2D eigenvalue weighted by atomic mass is 32.1. The van der Waals surface area contributed by atoms with Crippen molar-refractivity contribution in [2.45, 2.75) is 13.1 Å². The number of aryl methyl sites for hydroxylation is 1. The number of aliphatic imine (C=N–C) groups is 1. The predicted octanol–water partition coefficient (Wildman–Crippen LogP) is 7.63. The van der Waals surface area contributed by atoms with Gasteiger partial charge in [0.15, 0.2) is 5.69 Å². The van der Waals surface area contributed by atoms with Crippen LogP contribution >= 0.6 is 11.3 Å². The van der Waals surface area contributed by atoms with E-state index in [1.54, 1.807) is 36.4 Å². The highest BCUT2D eigenvalue weighted by Crippen LogP contribution is 2.33. The number of azo groups is 2. The monoisotopic (exact) mass is 402 g/mol. The van der Waals surface area contributed by atoms with Crippen molar-refractivity contribution in [3.8, 4) is 0 Å². The van der Waals surface area contributed by atoms with Crippen LogP contribution in [0.1, 0.15) is 11.3 Å². The van der Waals surface area contributed by atoms with E-state index < -0.39 is 11.9 Å². The fraction of sp³-hybridized carbons (Fsp3) is 0.111. The quantitative estimate of drug-likeness (QED) is 0.319. The molecule has 0 unspecified atom stereocenters. The lowest BCUT2D eigenvalue weighted by atomic mass is 10.2. The van der Waals surface area contributed by atoms with E-state index in [9.17, 15) is 13.2 Å². The van der Waals surface area contributed by atoms with Crippen LogP contribution < -0.4 is 0 Å². The summed E-state index contributed by atoms with van der Waals surface area (Å²) in [6, 6.07) is 12.1. The summed E-state index contributed by atoms with van der Waals surface area (Å²) in [6.45, 7) is 5.37. The Bertz CT molecular complexity index is 1040. The normalized spacial score (nSPS) is 12.1. The second-order valence-corrected chi connectivity index (χ2v) is 6.39. The number of halogens is 3. The number of benzene rings is 2. The van der Waals surface area contributed by atoms with Gasteiger partial charge in [0.05, 0.1) is 22.7 Å². The van der Waals surface area contributed by atoms with Gasteiger partial charge in [0, 0.05) is 5.38 Å². The van der Waals surface area contributed by atoms with Crippen LogP contribution in [0.2, 0.25) is 0 Å². The fourth-order valence-electron chi connectivity index (χ4n) is 2.09. The minimum atomic E-state index is -4.49. The van der Waals surface area contributed by atoms with Gasteiger partial charge in [0.2, 0.25) is 5.13 Å². The molecule has 0 N–H and O–H groups in total. The largest absolute Gasteiger partial charge is 0.434 e. The topological polar surface area (TPSA) is 74.7 Å². The molecule has 3 rings (SSSR count). The maximum atomic E-state index is 12.5. The Labute approximate surface area is 162 Å². The molecule has 0 aliphatic rings. The Balaban J connectivity index is 1.68. The molecule has 0 spiro atoms. The lowest BCUT2D eigenvalue weighted by Crippen LogP contribution is -2.04. The maximum absolute atomic E-state index is 12.5. The van der Waals surface area contributed by atoms with Gasteiger partial charge in [-0.2, -0.15) is 23.4 Å². The Kier molecular flexibility index (Phi) is 5.69. The molecule has 1 aromatic heterocycles. The minimum absolute atomic E-state index is 0.0657. The van der Waals surface area contributed by atoms with Gasteiger partial charge in [-0.3, -0.25) is 4.99 Å². The molecule has 0 aliphatic heterocycles. The first kappa shape index (κ1) is 19.5. The third-order valence-corrected chi connectivity index (χ3v) is 4.24. The zero-order valence-electron chi connectivity index (χ0n) is 14.6. The van der Waals surface area contributed by atoms with Crippen molar-refractivity contribution in [2.24, 2.45) is 25.4 Å². The van der Waals surface area contributed by atoms with Crippen LogP contribution in [0.4, 0.5) is 41.1 Å². The summed E-state index contributed by atoms with van der Waals surface area (Å²) in [5.41, 5.74) is 2.46. The third kappa shape index (κ3) is 4.92. The molecule has 2 aromatic carbocycles. The van der Waals surface area contributed by atoms with Gasteiger partial charge in [-0.15, -0.1) is 21.6 Å². The number of nitrogens with zero attached hydrogens (tertiary/aromatic N) is 6. The maximum Gasteiger partial charge on any atom is 0.434 e. The molecule has 0 amide bonds. The van der Waals surface area contributed by atoms with E-state index in [2.05, 4.69) is 37.2 Å². The Morgan fingerprint density at radius 2 is 1.50 bits per heavy atom. The summed E-state index contributed by atoms with van der Waals surface area (Å²) in [6.07, 6.45) is -4.49. The first-order valence-electron chi connectivity index (χ1n) is 7.89. The third-order valence-electron chi connectivity index (χ3n) is 3.52. The van der Waals surface area contributed by atoms with Crippen LogP contribution in [0.25, 0.3) is 0 Å². The number of aromatic nitrogens is 1. The Morgan fingerprint density at radius 3 is 2.04 bits per heavy atom. The van der Waals surface area contributed by atoms with Crippen molar-refractivity contribution in [1.29, 1.82) is 0 Å². The van der Waals surface area contributed by atoms with Gasteiger partial charge in [-0.05, 0) is 61.7 Å². The lowest BCUT2D eigenvalue weighted by molar-refractivity contribution is -0.140. The molecule has 0 bridgehead atoms. The summed E-state index contributed by atoms with van der Waals surface area (Å²) in [7, 11) is 0. The van der Waals surface area contributed by atoms with Crippen molar-refractivity contribution in [2.75, 3.05) is 0 Å². The molecule has 0 atom stereocenters. The van der Waals surface area contributed by atoms with Crippen molar-refractivity contribution in [3.63, 3.8) is 0 Å². The van der Waals surface area contributed by atoms with E-state index >= 15 is 0 Å². The smallest absolute Gasteiger partial charge is 0.265 e. The second kappa shape index (κ2) is 8.17. The van der Waals surface area contributed by atoms with E-state index in [4.69, 9.17) is 0 Å². The van der Waals surface area contributed by atoms with Crippen LogP contribution in [-0.4, -0.2) is 11.7 Å². The number of hydrogen-bond acceptors (Lipinski definition) is 7. The molecular formula is C18H13F3N6S. The first-order chi connectivity index (χ1) is 13.3. The molecule has 142 valence electrons. The van der Waals surface area contributed by atoms with Crippen molar-refractivity contribution in [1.82, 2.24) is 4.98 Å². The van der Waals surface area contributed by atoms with Crippen LogP contribution in [0.5, 0.6) is 0 Å². The van der Waals surface area contributed by atoms with Crippen LogP contribution in [0.3, 0.4) is 0 Å². The first-order valence-corrected chi connectivity index (χ1v) is 8.77. The zero-order chi connectivity index (χ0) is 20.1. The van der Waals surface area contributed by atoms with Gasteiger partial charge >= 0.3 is 6.18 Å². The number of hydrogen-bond donors (Lipinski definition) is 0. The lowest BCUT2D eigenvalue weighted by Gasteiger charge is -2.00. The predicted molar refractivity (Wildman–Crippen MR) is 102 cm³/mol. The molecule has 6 nitrogen and oxygen atoms in total. The van der Waals surface area contributed by atoms with Crippen molar-refractivity contribution in [3.05, 3.63) is 59.1 Å². The highest BCUT2D eigenvalue weighted by Gasteiger charge is 2.33. The molecule has 1 heterocycles. The SMILES string of the molecule is C=Nc1ccc(/N=N/c2ccc(/N=N/c3nc(C(F)(F)F)cs3)cc2)c(C)c1. The Morgan fingerprint density at radius 1 is 0.893 bits per heavy atom. The minimum Gasteiger partial charge on any atom is -0.265 e. The molecule has 0 radical (unpaired) electrons. The van der Waals surface area contributed by atoms with Gasteiger partial charge in [-0.1, -0.05) is 0 Å². The molecule has 10 heteroatoms. The molecule has 0 saturated heterocycles. The van der Waals surface area contributed by atoms with Crippen molar-refractivity contribution < 1.29 is 13.2 Å². The zero-order valence-corrected chi connectivity index (χ0v) is 15.4. The second-order valence-electron chi connectivity index (χ2n) is 5.56. The number of rotatable bonds is 5. The van der Waals surface area contributed by atoms with E-state index in [0.29, 0.717) is 17.1 Å².